The van der Waals surface area contributed by atoms with Gasteiger partial charge in [0.25, 0.3) is 5.91 Å². The highest BCUT2D eigenvalue weighted by molar-refractivity contribution is 5.77. The zero-order valence-corrected chi connectivity index (χ0v) is 16.4. The molecule has 6 heteroatoms. The zero-order valence-electron chi connectivity index (χ0n) is 16.4. The number of hydrogen-bond donors (Lipinski definition) is 1. The largest absolute Gasteiger partial charge is 0.484 e. The molecule has 1 aliphatic rings. The van der Waals surface area contributed by atoms with Gasteiger partial charge >= 0.3 is 0 Å². The van der Waals surface area contributed by atoms with E-state index in [1.807, 2.05) is 12.1 Å². The lowest BCUT2D eigenvalue weighted by atomic mass is 10.1. The van der Waals surface area contributed by atoms with Crippen LogP contribution in [0.2, 0.25) is 0 Å². The SMILES string of the molecule is CCN1CCN(Cc2ccccc2CNC(=O)COc2ccc(F)cc2)CC1. The maximum atomic E-state index is 12.9. The molecular formula is C22H28FN3O2. The second-order valence-corrected chi connectivity index (χ2v) is 7.00. The van der Waals surface area contributed by atoms with Crippen LogP contribution in [0.1, 0.15) is 18.1 Å². The molecule has 0 bridgehead atoms. The molecule has 28 heavy (non-hydrogen) atoms. The number of piperazine rings is 1. The van der Waals surface area contributed by atoms with Crippen molar-refractivity contribution in [1.29, 1.82) is 0 Å². The van der Waals surface area contributed by atoms with Crippen molar-refractivity contribution in [3.05, 3.63) is 65.5 Å². The second-order valence-electron chi connectivity index (χ2n) is 7.00. The van der Waals surface area contributed by atoms with E-state index >= 15 is 0 Å². The fourth-order valence-electron chi connectivity index (χ4n) is 3.31. The fraction of sp³-hybridized carbons (Fsp3) is 0.409. The normalized spacial score (nSPS) is 15.4. The van der Waals surface area contributed by atoms with Gasteiger partial charge < -0.3 is 15.0 Å². The van der Waals surface area contributed by atoms with Gasteiger partial charge in [-0.15, -0.1) is 0 Å². The summed E-state index contributed by atoms with van der Waals surface area (Å²) in [6.07, 6.45) is 0. The molecule has 0 atom stereocenters. The minimum Gasteiger partial charge on any atom is -0.484 e. The van der Waals surface area contributed by atoms with Gasteiger partial charge in [-0.1, -0.05) is 31.2 Å². The van der Waals surface area contributed by atoms with E-state index in [2.05, 4.69) is 34.2 Å². The molecule has 3 rings (SSSR count). The number of halogens is 1. The van der Waals surface area contributed by atoms with Crippen molar-refractivity contribution in [2.24, 2.45) is 0 Å². The van der Waals surface area contributed by atoms with Crippen LogP contribution in [-0.2, 0) is 17.9 Å². The Bertz CT molecular complexity index is 759. The van der Waals surface area contributed by atoms with Crippen molar-refractivity contribution in [3.8, 4) is 5.75 Å². The number of ether oxygens (including phenoxy) is 1. The first-order valence-corrected chi connectivity index (χ1v) is 9.80. The van der Waals surface area contributed by atoms with Crippen molar-refractivity contribution in [1.82, 2.24) is 15.1 Å². The Morgan fingerprint density at radius 2 is 1.64 bits per heavy atom. The first kappa shape index (κ1) is 20.3. The molecule has 150 valence electrons. The van der Waals surface area contributed by atoms with E-state index in [4.69, 9.17) is 4.74 Å². The quantitative estimate of drug-likeness (QED) is 0.759. The minimum atomic E-state index is -0.329. The summed E-state index contributed by atoms with van der Waals surface area (Å²) in [7, 11) is 0. The van der Waals surface area contributed by atoms with E-state index in [-0.39, 0.29) is 18.3 Å². The van der Waals surface area contributed by atoms with E-state index in [0.717, 1.165) is 44.8 Å². The van der Waals surface area contributed by atoms with Crippen molar-refractivity contribution in [2.45, 2.75) is 20.0 Å². The number of nitrogens with zero attached hydrogens (tertiary/aromatic N) is 2. The van der Waals surface area contributed by atoms with Gasteiger partial charge in [0.15, 0.2) is 6.61 Å². The van der Waals surface area contributed by atoms with Crippen molar-refractivity contribution in [3.63, 3.8) is 0 Å². The van der Waals surface area contributed by atoms with Crippen LogP contribution in [0.15, 0.2) is 48.5 Å². The van der Waals surface area contributed by atoms with E-state index in [9.17, 15) is 9.18 Å². The van der Waals surface area contributed by atoms with Gasteiger partial charge in [0, 0.05) is 39.3 Å². The Balaban J connectivity index is 1.47. The highest BCUT2D eigenvalue weighted by atomic mass is 19.1. The summed E-state index contributed by atoms with van der Waals surface area (Å²) in [6.45, 7) is 8.94. The highest BCUT2D eigenvalue weighted by Crippen LogP contribution is 2.14. The van der Waals surface area contributed by atoms with Gasteiger partial charge in [0.1, 0.15) is 11.6 Å². The third-order valence-corrected chi connectivity index (χ3v) is 5.08. The van der Waals surface area contributed by atoms with Crippen LogP contribution < -0.4 is 10.1 Å². The lowest BCUT2D eigenvalue weighted by Crippen LogP contribution is -2.45. The molecule has 2 aromatic carbocycles. The van der Waals surface area contributed by atoms with Crippen molar-refractivity contribution < 1.29 is 13.9 Å². The number of benzene rings is 2. The summed E-state index contributed by atoms with van der Waals surface area (Å²) < 4.78 is 18.3. The Labute approximate surface area is 166 Å². The monoisotopic (exact) mass is 385 g/mol. The summed E-state index contributed by atoms with van der Waals surface area (Å²) in [5, 5.41) is 2.91. The van der Waals surface area contributed by atoms with Gasteiger partial charge in [0.05, 0.1) is 0 Å². The number of nitrogens with one attached hydrogen (secondary N) is 1. The maximum absolute atomic E-state index is 12.9. The van der Waals surface area contributed by atoms with E-state index in [0.29, 0.717) is 12.3 Å². The lowest BCUT2D eigenvalue weighted by Gasteiger charge is -2.34. The van der Waals surface area contributed by atoms with Gasteiger partial charge in [-0.05, 0) is 41.9 Å². The Kier molecular flexibility index (Phi) is 7.39. The van der Waals surface area contributed by atoms with Crippen LogP contribution in [-0.4, -0.2) is 55.0 Å². The van der Waals surface area contributed by atoms with E-state index < -0.39 is 0 Å². The topological polar surface area (TPSA) is 44.8 Å². The molecule has 0 unspecified atom stereocenters. The van der Waals surface area contributed by atoms with Crippen LogP contribution in [0.5, 0.6) is 5.75 Å². The summed E-state index contributed by atoms with van der Waals surface area (Å²) in [6, 6.07) is 13.9. The molecular weight excluding hydrogens is 357 g/mol. The molecule has 0 spiro atoms. The van der Waals surface area contributed by atoms with E-state index in [1.54, 1.807) is 0 Å². The minimum absolute atomic E-state index is 0.0905. The molecule has 0 aliphatic carbocycles. The maximum Gasteiger partial charge on any atom is 0.258 e. The van der Waals surface area contributed by atoms with Crippen LogP contribution >= 0.6 is 0 Å². The number of likely N-dealkylation sites (N-methyl/N-ethyl adjacent to an activating group) is 1. The van der Waals surface area contributed by atoms with Crippen molar-refractivity contribution >= 4 is 5.91 Å². The van der Waals surface area contributed by atoms with Crippen LogP contribution in [0, 0.1) is 5.82 Å². The molecule has 5 nitrogen and oxygen atoms in total. The number of carbonyl (C=O) groups is 1. The number of amides is 1. The van der Waals surface area contributed by atoms with Gasteiger partial charge in [0.2, 0.25) is 0 Å². The van der Waals surface area contributed by atoms with Gasteiger partial charge in [-0.2, -0.15) is 0 Å². The third kappa shape index (κ3) is 6.04. The predicted octanol–water partition coefficient (Wildman–Crippen LogP) is 2.66. The number of rotatable bonds is 8. The summed E-state index contributed by atoms with van der Waals surface area (Å²) >= 11 is 0. The zero-order chi connectivity index (χ0) is 19.8. The summed E-state index contributed by atoms with van der Waals surface area (Å²) in [4.78, 5) is 17.0. The second kappa shape index (κ2) is 10.2. The predicted molar refractivity (Wildman–Crippen MR) is 108 cm³/mol. The highest BCUT2D eigenvalue weighted by Gasteiger charge is 2.16. The average Bonchev–Trinajstić information content (AvgIpc) is 2.73. The van der Waals surface area contributed by atoms with Crippen LogP contribution in [0.25, 0.3) is 0 Å². The standard InChI is InChI=1S/C22H28FN3O2/c1-2-25-11-13-26(14-12-25)16-19-6-4-3-5-18(19)15-24-22(27)17-28-21-9-7-20(23)8-10-21/h3-10H,2,11-17H2,1H3,(H,24,27). The van der Waals surface area contributed by atoms with Crippen LogP contribution in [0.3, 0.4) is 0 Å². The van der Waals surface area contributed by atoms with Gasteiger partial charge in [-0.3, -0.25) is 9.69 Å². The molecule has 1 N–H and O–H groups in total. The van der Waals surface area contributed by atoms with E-state index in [1.165, 1.54) is 29.8 Å². The summed E-state index contributed by atoms with van der Waals surface area (Å²) in [5.41, 5.74) is 2.36. The Morgan fingerprint density at radius 1 is 1.00 bits per heavy atom. The molecule has 0 saturated carbocycles. The Hall–Kier alpha value is -2.44. The number of hydrogen-bond acceptors (Lipinski definition) is 4. The molecule has 1 heterocycles. The smallest absolute Gasteiger partial charge is 0.258 e. The lowest BCUT2D eigenvalue weighted by molar-refractivity contribution is -0.123. The molecule has 2 aromatic rings. The third-order valence-electron chi connectivity index (χ3n) is 5.08. The van der Waals surface area contributed by atoms with Crippen LogP contribution in [0.4, 0.5) is 4.39 Å². The molecule has 0 aromatic heterocycles. The average molecular weight is 385 g/mol. The van der Waals surface area contributed by atoms with Crippen molar-refractivity contribution in [2.75, 3.05) is 39.3 Å². The molecule has 1 saturated heterocycles. The summed E-state index contributed by atoms with van der Waals surface area (Å²) in [5.74, 6) is -0.0524. The molecule has 1 fully saturated rings. The first-order chi connectivity index (χ1) is 13.6. The molecule has 1 aliphatic heterocycles. The Morgan fingerprint density at radius 3 is 2.32 bits per heavy atom. The number of carbonyl (C=O) groups excluding carboxylic acids is 1. The molecule has 0 radical (unpaired) electrons. The van der Waals surface area contributed by atoms with Gasteiger partial charge in [-0.25, -0.2) is 4.39 Å². The first-order valence-electron chi connectivity index (χ1n) is 9.80. The molecule has 1 amide bonds. The fourth-order valence-corrected chi connectivity index (χ4v) is 3.31.